The van der Waals surface area contributed by atoms with Crippen LogP contribution in [0.1, 0.15) is 31.9 Å². The van der Waals surface area contributed by atoms with Gasteiger partial charge >= 0.3 is 0 Å². The van der Waals surface area contributed by atoms with E-state index in [0.29, 0.717) is 16.8 Å². The second-order valence-corrected chi connectivity index (χ2v) is 5.52. The minimum atomic E-state index is 0.308. The molecular formula is C18H22ClNO. The molecular weight excluding hydrogens is 282 g/mol. The number of ether oxygens (including phenoxy) is 1. The topological polar surface area (TPSA) is 21.3 Å². The standard InChI is InChI=1S/C18H22ClNO/c1-4-11-20-13(2)15-7-5-6-8-16(15)14-9-10-17(19)18(12-14)21-3/h5-10,12-13,20H,4,11H2,1-3H3. The Labute approximate surface area is 132 Å². The SMILES string of the molecule is CCCNC(C)c1ccccc1-c1ccc(Cl)c(OC)c1. The smallest absolute Gasteiger partial charge is 0.138 e. The molecule has 1 N–H and O–H groups in total. The molecule has 0 fully saturated rings. The number of nitrogens with one attached hydrogen (secondary N) is 1. The van der Waals surface area contributed by atoms with Crippen LogP contribution in [0.25, 0.3) is 11.1 Å². The highest BCUT2D eigenvalue weighted by atomic mass is 35.5. The van der Waals surface area contributed by atoms with Crippen LogP contribution < -0.4 is 10.1 Å². The molecule has 1 atom stereocenters. The molecule has 1 unspecified atom stereocenters. The Morgan fingerprint density at radius 1 is 1.19 bits per heavy atom. The van der Waals surface area contributed by atoms with Gasteiger partial charge in [-0.15, -0.1) is 0 Å². The molecule has 0 radical (unpaired) electrons. The molecule has 0 heterocycles. The van der Waals surface area contributed by atoms with Crippen molar-refractivity contribution in [2.24, 2.45) is 0 Å². The van der Waals surface area contributed by atoms with E-state index in [4.69, 9.17) is 16.3 Å². The Kier molecular flexibility index (Phi) is 5.66. The third-order valence-corrected chi connectivity index (χ3v) is 3.90. The molecule has 2 aromatic rings. The van der Waals surface area contributed by atoms with Crippen molar-refractivity contribution in [3.63, 3.8) is 0 Å². The number of methoxy groups -OCH3 is 1. The fourth-order valence-electron chi connectivity index (χ4n) is 2.44. The lowest BCUT2D eigenvalue weighted by Crippen LogP contribution is -2.19. The van der Waals surface area contributed by atoms with Gasteiger partial charge in [-0.25, -0.2) is 0 Å². The minimum Gasteiger partial charge on any atom is -0.495 e. The molecule has 0 bridgehead atoms. The second kappa shape index (κ2) is 7.48. The van der Waals surface area contributed by atoms with Gasteiger partial charge in [0.2, 0.25) is 0 Å². The molecule has 3 heteroatoms. The van der Waals surface area contributed by atoms with Gasteiger partial charge in [0, 0.05) is 6.04 Å². The van der Waals surface area contributed by atoms with Crippen LogP contribution in [0, 0.1) is 0 Å². The van der Waals surface area contributed by atoms with Crippen molar-refractivity contribution in [3.8, 4) is 16.9 Å². The first kappa shape index (κ1) is 15.9. The van der Waals surface area contributed by atoms with Gasteiger partial charge in [0.15, 0.2) is 0 Å². The molecule has 0 saturated carbocycles. The van der Waals surface area contributed by atoms with Crippen molar-refractivity contribution < 1.29 is 4.74 Å². The summed E-state index contributed by atoms with van der Waals surface area (Å²) >= 11 is 6.12. The van der Waals surface area contributed by atoms with Gasteiger partial charge in [0.05, 0.1) is 12.1 Å². The summed E-state index contributed by atoms with van der Waals surface area (Å²) in [7, 11) is 1.64. The molecule has 0 saturated heterocycles. The molecule has 0 aliphatic rings. The number of hydrogen-bond donors (Lipinski definition) is 1. The third kappa shape index (κ3) is 3.78. The van der Waals surface area contributed by atoms with Crippen molar-refractivity contribution in [3.05, 3.63) is 53.1 Å². The minimum absolute atomic E-state index is 0.308. The third-order valence-electron chi connectivity index (χ3n) is 3.59. The van der Waals surface area contributed by atoms with Crippen LogP contribution in [0.15, 0.2) is 42.5 Å². The van der Waals surface area contributed by atoms with Crippen LogP contribution in [-0.4, -0.2) is 13.7 Å². The first-order valence-electron chi connectivity index (χ1n) is 7.33. The predicted octanol–water partition coefficient (Wildman–Crippen LogP) is 5.08. The molecule has 2 rings (SSSR count). The van der Waals surface area contributed by atoms with Crippen LogP contribution in [-0.2, 0) is 0 Å². The Balaban J connectivity index is 2.40. The van der Waals surface area contributed by atoms with Gasteiger partial charge in [-0.2, -0.15) is 0 Å². The lowest BCUT2D eigenvalue weighted by atomic mass is 9.95. The molecule has 0 amide bonds. The molecule has 21 heavy (non-hydrogen) atoms. The highest BCUT2D eigenvalue weighted by Gasteiger charge is 2.12. The van der Waals surface area contributed by atoms with E-state index in [1.165, 1.54) is 11.1 Å². The predicted molar refractivity (Wildman–Crippen MR) is 90.1 cm³/mol. The van der Waals surface area contributed by atoms with Crippen LogP contribution >= 0.6 is 11.6 Å². The van der Waals surface area contributed by atoms with Crippen molar-refractivity contribution in [1.82, 2.24) is 5.32 Å². The molecule has 0 aliphatic carbocycles. The average molecular weight is 304 g/mol. The monoisotopic (exact) mass is 303 g/mol. The van der Waals surface area contributed by atoms with E-state index in [9.17, 15) is 0 Å². The number of halogens is 1. The van der Waals surface area contributed by atoms with Crippen LogP contribution in [0.4, 0.5) is 0 Å². The summed E-state index contributed by atoms with van der Waals surface area (Å²) in [4.78, 5) is 0. The highest BCUT2D eigenvalue weighted by Crippen LogP contribution is 2.33. The maximum Gasteiger partial charge on any atom is 0.138 e. The summed E-state index contributed by atoms with van der Waals surface area (Å²) in [6.45, 7) is 5.39. The fourth-order valence-corrected chi connectivity index (χ4v) is 2.63. The summed E-state index contributed by atoms with van der Waals surface area (Å²) < 4.78 is 5.32. The van der Waals surface area contributed by atoms with Gasteiger partial charge in [0.25, 0.3) is 0 Å². The number of rotatable bonds is 6. The molecule has 0 aromatic heterocycles. The van der Waals surface area contributed by atoms with E-state index in [1.54, 1.807) is 7.11 Å². The Morgan fingerprint density at radius 2 is 1.95 bits per heavy atom. The average Bonchev–Trinajstić information content (AvgIpc) is 2.53. The molecule has 112 valence electrons. The van der Waals surface area contributed by atoms with Gasteiger partial charge < -0.3 is 10.1 Å². The van der Waals surface area contributed by atoms with Gasteiger partial charge in [-0.3, -0.25) is 0 Å². The maximum absolute atomic E-state index is 6.12. The van der Waals surface area contributed by atoms with Crippen LogP contribution in [0.2, 0.25) is 5.02 Å². The molecule has 0 aliphatic heterocycles. The molecule has 2 aromatic carbocycles. The fraction of sp³-hybridized carbons (Fsp3) is 0.333. The highest BCUT2D eigenvalue weighted by molar-refractivity contribution is 6.32. The van der Waals surface area contributed by atoms with Crippen LogP contribution in [0.5, 0.6) is 5.75 Å². The zero-order chi connectivity index (χ0) is 15.2. The van der Waals surface area contributed by atoms with Gasteiger partial charge in [0.1, 0.15) is 5.75 Å². The van der Waals surface area contributed by atoms with Crippen molar-refractivity contribution in [2.75, 3.05) is 13.7 Å². The molecule has 0 spiro atoms. The lowest BCUT2D eigenvalue weighted by molar-refractivity contribution is 0.415. The zero-order valence-corrected chi connectivity index (χ0v) is 13.6. The summed E-state index contributed by atoms with van der Waals surface area (Å²) in [6.07, 6.45) is 1.13. The zero-order valence-electron chi connectivity index (χ0n) is 12.8. The Morgan fingerprint density at radius 3 is 2.67 bits per heavy atom. The Hall–Kier alpha value is -1.51. The van der Waals surface area contributed by atoms with Gasteiger partial charge in [-0.1, -0.05) is 48.9 Å². The van der Waals surface area contributed by atoms with Crippen molar-refractivity contribution in [1.29, 1.82) is 0 Å². The number of hydrogen-bond acceptors (Lipinski definition) is 2. The van der Waals surface area contributed by atoms with E-state index in [-0.39, 0.29) is 0 Å². The summed E-state index contributed by atoms with van der Waals surface area (Å²) in [5, 5.41) is 4.18. The number of benzene rings is 2. The first-order chi connectivity index (χ1) is 10.2. The largest absolute Gasteiger partial charge is 0.495 e. The first-order valence-corrected chi connectivity index (χ1v) is 7.71. The maximum atomic E-state index is 6.12. The van der Waals surface area contributed by atoms with Gasteiger partial charge in [-0.05, 0) is 48.7 Å². The van der Waals surface area contributed by atoms with E-state index >= 15 is 0 Å². The van der Waals surface area contributed by atoms with E-state index in [2.05, 4.69) is 43.4 Å². The van der Waals surface area contributed by atoms with E-state index < -0.39 is 0 Å². The van der Waals surface area contributed by atoms with Crippen molar-refractivity contribution in [2.45, 2.75) is 26.3 Å². The van der Waals surface area contributed by atoms with Crippen LogP contribution in [0.3, 0.4) is 0 Å². The Bertz CT molecular complexity index is 598. The van der Waals surface area contributed by atoms with E-state index in [0.717, 1.165) is 18.5 Å². The summed E-state index contributed by atoms with van der Waals surface area (Å²) in [6, 6.07) is 14.7. The van der Waals surface area contributed by atoms with E-state index in [1.807, 2.05) is 18.2 Å². The summed E-state index contributed by atoms with van der Waals surface area (Å²) in [5.41, 5.74) is 3.62. The normalized spacial score (nSPS) is 12.2. The molecule has 2 nitrogen and oxygen atoms in total. The van der Waals surface area contributed by atoms with Crippen molar-refractivity contribution >= 4 is 11.6 Å². The lowest BCUT2D eigenvalue weighted by Gasteiger charge is -2.18. The summed E-state index contributed by atoms with van der Waals surface area (Å²) in [5.74, 6) is 0.707. The quantitative estimate of drug-likeness (QED) is 0.804. The second-order valence-electron chi connectivity index (χ2n) is 5.11.